The van der Waals surface area contributed by atoms with Crippen molar-refractivity contribution in [1.29, 1.82) is 0 Å². The number of piperidine rings is 1. The predicted molar refractivity (Wildman–Crippen MR) is 184 cm³/mol. The summed E-state index contributed by atoms with van der Waals surface area (Å²) in [5, 5.41) is 7.52. The molecule has 0 saturated carbocycles. The molecule has 1 fully saturated rings. The zero-order chi connectivity index (χ0) is 33.6. The molecule has 3 N–H and O–H groups in total. The fraction of sp³-hybridized carbons (Fsp3) is 0.361. The molecule has 1 saturated heterocycles. The number of carbonyl (C=O) groups is 2. The number of ether oxygens (including phenoxy) is 1. The quantitative estimate of drug-likeness (QED) is 0.251. The van der Waals surface area contributed by atoms with E-state index < -0.39 is 11.5 Å². The van der Waals surface area contributed by atoms with Gasteiger partial charge in [-0.3, -0.25) is 14.3 Å². The number of likely N-dealkylation sites (tertiary alicyclic amines) is 1. The highest BCUT2D eigenvalue weighted by Crippen LogP contribution is 2.37. The third kappa shape index (κ3) is 5.82. The molecule has 0 spiro atoms. The second kappa shape index (κ2) is 12.3. The largest absolute Gasteiger partial charge is 0.444 e. The summed E-state index contributed by atoms with van der Waals surface area (Å²) in [6.07, 6.45) is 5.23. The Morgan fingerprint density at radius 1 is 0.979 bits per heavy atom. The van der Waals surface area contributed by atoms with Gasteiger partial charge in [-0.05, 0) is 88.8 Å². The number of para-hydroxylation sites is 1. The molecule has 0 atom stereocenters. The number of hydrogen-bond donors (Lipinski definition) is 2. The molecule has 0 bridgehead atoms. The third-order valence-corrected chi connectivity index (χ3v) is 9.14. The predicted octanol–water partition coefficient (Wildman–Crippen LogP) is 5.63. The fourth-order valence-electron chi connectivity index (χ4n) is 6.90. The first kappa shape index (κ1) is 31.2. The van der Waals surface area contributed by atoms with Crippen molar-refractivity contribution in [3.8, 4) is 16.8 Å². The number of benzene rings is 2. The number of nitrogens with zero attached hydrogens (tertiary/aromatic N) is 6. The lowest BCUT2D eigenvalue weighted by Crippen LogP contribution is -2.41. The number of nitrogens with two attached hydrogens (primary N) is 1. The number of nitrogens with one attached hydrogen (secondary N) is 1. The van der Waals surface area contributed by atoms with Crippen LogP contribution in [0.25, 0.3) is 22.3 Å². The van der Waals surface area contributed by atoms with Crippen LogP contribution in [0.3, 0.4) is 0 Å². The first-order valence-corrected chi connectivity index (χ1v) is 16.5. The molecule has 12 nitrogen and oxygen atoms in total. The van der Waals surface area contributed by atoms with Gasteiger partial charge in [-0.15, -0.1) is 0 Å². The SMILES string of the molecule is CC(C)(C)OC(=O)N1CCC(c2cc(-c3ccc(NC(=O)c4c5n(n(-c6ccccc6)c4=O)CCCC5)cc3)c3c(N)ncnn23)CC1. The highest BCUT2D eigenvalue weighted by Gasteiger charge is 2.31. The van der Waals surface area contributed by atoms with Crippen LogP contribution in [0.4, 0.5) is 16.3 Å². The zero-order valence-electron chi connectivity index (χ0n) is 27.5. The average Bonchev–Trinajstić information content (AvgIpc) is 3.61. The van der Waals surface area contributed by atoms with E-state index in [-0.39, 0.29) is 23.1 Å². The number of amides is 2. The molecule has 48 heavy (non-hydrogen) atoms. The van der Waals surface area contributed by atoms with Gasteiger partial charge in [0.1, 0.15) is 23.0 Å². The number of hydrogen-bond acceptors (Lipinski definition) is 7. The molecule has 5 heterocycles. The van der Waals surface area contributed by atoms with Crippen LogP contribution in [-0.2, 0) is 17.7 Å². The van der Waals surface area contributed by atoms with Gasteiger partial charge in [0.25, 0.3) is 11.5 Å². The summed E-state index contributed by atoms with van der Waals surface area (Å²) in [4.78, 5) is 45.9. The maximum absolute atomic E-state index is 13.7. The Morgan fingerprint density at radius 2 is 1.71 bits per heavy atom. The number of carbonyl (C=O) groups excluding carboxylic acids is 2. The summed E-state index contributed by atoms with van der Waals surface area (Å²) in [7, 11) is 0. The van der Waals surface area contributed by atoms with Crippen molar-refractivity contribution in [3.05, 3.63) is 94.3 Å². The number of nitrogen functional groups attached to an aromatic ring is 1. The van der Waals surface area contributed by atoms with Gasteiger partial charge in [-0.25, -0.2) is 19.0 Å². The highest BCUT2D eigenvalue weighted by molar-refractivity contribution is 6.05. The monoisotopic (exact) mass is 648 g/mol. The lowest BCUT2D eigenvalue weighted by molar-refractivity contribution is 0.0203. The van der Waals surface area contributed by atoms with Crippen LogP contribution >= 0.6 is 0 Å². The molecule has 2 amide bonds. The first-order valence-electron chi connectivity index (χ1n) is 16.5. The lowest BCUT2D eigenvalue weighted by atomic mass is 9.93. The first-order chi connectivity index (χ1) is 23.1. The Bertz CT molecular complexity index is 2050. The normalized spacial score (nSPS) is 15.4. The van der Waals surface area contributed by atoms with E-state index in [2.05, 4.69) is 21.5 Å². The molecular weight excluding hydrogens is 608 g/mol. The smallest absolute Gasteiger partial charge is 0.410 e. The van der Waals surface area contributed by atoms with Crippen LogP contribution < -0.4 is 16.6 Å². The van der Waals surface area contributed by atoms with Crippen molar-refractivity contribution < 1.29 is 14.3 Å². The van der Waals surface area contributed by atoms with Gasteiger partial charge in [-0.2, -0.15) is 5.10 Å². The lowest BCUT2D eigenvalue weighted by Gasteiger charge is -2.33. The Labute approximate surface area is 278 Å². The molecule has 0 unspecified atom stereocenters. The topological polar surface area (TPSA) is 142 Å². The van der Waals surface area contributed by atoms with Crippen molar-refractivity contribution in [2.45, 2.75) is 70.9 Å². The third-order valence-electron chi connectivity index (χ3n) is 9.14. The second-order valence-electron chi connectivity index (χ2n) is 13.5. The number of fused-ring (bicyclic) bond motifs is 2. The van der Waals surface area contributed by atoms with Crippen LogP contribution in [0.15, 0.2) is 71.8 Å². The zero-order valence-corrected chi connectivity index (χ0v) is 27.5. The summed E-state index contributed by atoms with van der Waals surface area (Å²) < 4.78 is 11.0. The number of aromatic nitrogens is 5. The van der Waals surface area contributed by atoms with Gasteiger partial charge in [-0.1, -0.05) is 30.3 Å². The molecule has 2 aromatic carbocycles. The Balaban J connectivity index is 1.13. The van der Waals surface area contributed by atoms with Crippen LogP contribution in [0.2, 0.25) is 0 Å². The highest BCUT2D eigenvalue weighted by atomic mass is 16.6. The Kier molecular flexibility index (Phi) is 8.02. The van der Waals surface area contributed by atoms with E-state index in [4.69, 9.17) is 10.5 Å². The minimum atomic E-state index is -0.542. The summed E-state index contributed by atoms with van der Waals surface area (Å²) in [6.45, 7) is 7.46. The van der Waals surface area contributed by atoms with E-state index in [9.17, 15) is 14.4 Å². The van der Waals surface area contributed by atoms with Crippen LogP contribution in [-0.4, -0.2) is 59.6 Å². The average molecular weight is 649 g/mol. The van der Waals surface area contributed by atoms with E-state index in [1.54, 1.807) is 9.58 Å². The maximum atomic E-state index is 13.7. The fourth-order valence-corrected chi connectivity index (χ4v) is 6.90. The Hall–Kier alpha value is -5.39. The van der Waals surface area contributed by atoms with Gasteiger partial charge in [0, 0.05) is 42.5 Å². The second-order valence-corrected chi connectivity index (χ2v) is 13.5. The van der Waals surface area contributed by atoms with Crippen LogP contribution in [0.5, 0.6) is 0 Å². The molecule has 2 aliphatic rings. The van der Waals surface area contributed by atoms with Gasteiger partial charge < -0.3 is 20.7 Å². The molecule has 0 aliphatic carbocycles. The van der Waals surface area contributed by atoms with Crippen molar-refractivity contribution >= 4 is 29.0 Å². The van der Waals surface area contributed by atoms with Crippen LogP contribution in [0, 0.1) is 0 Å². The molecule has 12 heteroatoms. The van der Waals surface area contributed by atoms with Crippen molar-refractivity contribution in [3.63, 3.8) is 0 Å². The maximum Gasteiger partial charge on any atom is 0.410 e. The molecule has 3 aromatic heterocycles. The van der Waals surface area contributed by atoms with Crippen molar-refractivity contribution in [1.82, 2.24) is 28.9 Å². The van der Waals surface area contributed by atoms with Crippen molar-refractivity contribution in [2.75, 3.05) is 24.1 Å². The Morgan fingerprint density at radius 3 is 2.42 bits per heavy atom. The molecule has 248 valence electrons. The number of anilines is 2. The van der Waals surface area contributed by atoms with Crippen molar-refractivity contribution in [2.24, 2.45) is 0 Å². The summed E-state index contributed by atoms with van der Waals surface area (Å²) in [5.41, 5.74) is 11.3. The van der Waals surface area contributed by atoms with E-state index >= 15 is 0 Å². The van der Waals surface area contributed by atoms with E-state index in [0.717, 1.165) is 53.9 Å². The van der Waals surface area contributed by atoms with Gasteiger partial charge >= 0.3 is 6.09 Å². The van der Waals surface area contributed by atoms with Gasteiger partial charge in [0.05, 0.1) is 11.4 Å². The summed E-state index contributed by atoms with van der Waals surface area (Å²) >= 11 is 0. The number of rotatable bonds is 5. The van der Waals surface area contributed by atoms with E-state index in [1.165, 1.54) is 6.33 Å². The minimum absolute atomic E-state index is 0.158. The van der Waals surface area contributed by atoms with Crippen LogP contribution in [0.1, 0.15) is 74.1 Å². The van der Waals surface area contributed by atoms with E-state index in [1.807, 2.05) is 84.6 Å². The molecule has 7 rings (SSSR count). The van der Waals surface area contributed by atoms with Gasteiger partial charge in [0.2, 0.25) is 0 Å². The molecular formula is C36H40N8O4. The van der Waals surface area contributed by atoms with E-state index in [0.29, 0.717) is 43.1 Å². The summed E-state index contributed by atoms with van der Waals surface area (Å²) in [6, 6.07) is 19.0. The summed E-state index contributed by atoms with van der Waals surface area (Å²) in [5.74, 6) is 0.106. The molecule has 0 radical (unpaired) electrons. The van der Waals surface area contributed by atoms with Gasteiger partial charge in [0.15, 0.2) is 5.82 Å². The standard InChI is InChI=1S/C36H40N8O4/c1-36(2,3)48-35(47)41-19-16-24(17-20-41)29-21-27(31-32(37)38-22-39-43(29)31)23-12-14-25(15-13-23)40-33(45)30-28-11-7-8-18-42(28)44(34(30)46)26-9-5-4-6-10-26/h4-6,9-10,12-15,21-22,24H,7-8,11,16-20H2,1-3H3,(H,40,45)(H2,37,38,39). The minimum Gasteiger partial charge on any atom is -0.444 e. The molecule has 5 aromatic rings. The molecule has 2 aliphatic heterocycles.